The molecule has 2 heterocycles. The monoisotopic (exact) mass is 494 g/mol. The number of nitrogens with zero attached hydrogens (tertiary/aromatic N) is 3. The number of carbonyl (C=O) groups excluding carboxylic acids is 3. The molecule has 36 heavy (non-hydrogen) atoms. The van der Waals surface area contributed by atoms with Crippen molar-refractivity contribution in [3.05, 3.63) is 66.0 Å². The minimum Gasteiger partial charge on any atom is -0.350 e. The molecule has 0 saturated carbocycles. The molecule has 192 valence electrons. The van der Waals surface area contributed by atoms with E-state index in [1.807, 2.05) is 35.2 Å². The summed E-state index contributed by atoms with van der Waals surface area (Å²) in [6.07, 6.45) is 4.64. The quantitative estimate of drug-likeness (QED) is 0.540. The van der Waals surface area contributed by atoms with Gasteiger partial charge in [-0.05, 0) is 49.1 Å². The average molecular weight is 495 g/mol. The molecule has 0 radical (unpaired) electrons. The summed E-state index contributed by atoms with van der Waals surface area (Å²) in [6.45, 7) is 3.72. The lowest BCUT2D eigenvalue weighted by Crippen LogP contribution is -2.57. The van der Waals surface area contributed by atoms with Gasteiger partial charge in [0.2, 0.25) is 11.8 Å². The second kappa shape index (κ2) is 11.5. The second-order valence-corrected chi connectivity index (χ2v) is 9.68. The predicted molar refractivity (Wildman–Crippen MR) is 136 cm³/mol. The third-order valence-corrected chi connectivity index (χ3v) is 7.26. The van der Waals surface area contributed by atoms with E-state index in [1.54, 1.807) is 17.0 Å². The number of amides is 3. The van der Waals surface area contributed by atoms with Crippen molar-refractivity contribution in [3.63, 3.8) is 0 Å². The van der Waals surface area contributed by atoms with E-state index in [-0.39, 0.29) is 36.6 Å². The summed E-state index contributed by atoms with van der Waals surface area (Å²) in [5, 5.41) is 2.83. The van der Waals surface area contributed by atoms with Gasteiger partial charge in [-0.15, -0.1) is 0 Å². The number of rotatable bonds is 9. The van der Waals surface area contributed by atoms with Gasteiger partial charge in [0.25, 0.3) is 5.91 Å². The van der Waals surface area contributed by atoms with Crippen LogP contribution in [-0.4, -0.2) is 59.4 Å². The smallest absolute Gasteiger partial charge is 0.250 e. The molecule has 2 aliphatic heterocycles. The van der Waals surface area contributed by atoms with Crippen molar-refractivity contribution >= 4 is 23.4 Å². The lowest BCUT2D eigenvalue weighted by Gasteiger charge is -2.43. The molecule has 2 saturated heterocycles. The van der Waals surface area contributed by atoms with Gasteiger partial charge < -0.3 is 20.0 Å². The first-order valence-corrected chi connectivity index (χ1v) is 12.8. The lowest BCUT2D eigenvalue weighted by atomic mass is 9.85. The van der Waals surface area contributed by atoms with E-state index in [0.29, 0.717) is 39.0 Å². The standard InChI is InChI=1S/C28H35FN4O3/c1-2-3-5-10-26(35)31-17-15-28(16-18-31)27(36)32(21-33(28)24-8-6-4-7-9-24)20-25(34)30-19-22-11-13-23(29)14-12-22/h4,6-9,11-14H,2-3,5,10,15-21H2,1H3,(H,30,34). The molecule has 0 atom stereocenters. The predicted octanol–water partition coefficient (Wildman–Crippen LogP) is 3.69. The van der Waals surface area contributed by atoms with E-state index in [2.05, 4.69) is 17.1 Å². The fourth-order valence-electron chi connectivity index (χ4n) is 5.16. The van der Waals surface area contributed by atoms with Crippen molar-refractivity contribution in [1.29, 1.82) is 0 Å². The van der Waals surface area contributed by atoms with Crippen LogP contribution in [0.4, 0.5) is 10.1 Å². The number of para-hydroxylation sites is 1. The molecular formula is C28H35FN4O3. The molecule has 0 bridgehead atoms. The van der Waals surface area contributed by atoms with Gasteiger partial charge in [-0.25, -0.2) is 4.39 Å². The van der Waals surface area contributed by atoms with Crippen LogP contribution < -0.4 is 10.2 Å². The van der Waals surface area contributed by atoms with Crippen LogP contribution in [0.5, 0.6) is 0 Å². The summed E-state index contributed by atoms with van der Waals surface area (Å²) in [5.41, 5.74) is 0.956. The maximum atomic E-state index is 13.8. The number of carbonyl (C=O) groups is 3. The Hall–Kier alpha value is -3.42. The van der Waals surface area contributed by atoms with Gasteiger partial charge >= 0.3 is 0 Å². The van der Waals surface area contributed by atoms with Crippen LogP contribution >= 0.6 is 0 Å². The van der Waals surface area contributed by atoms with Crippen molar-refractivity contribution in [2.45, 2.75) is 57.5 Å². The number of benzene rings is 2. The molecule has 0 unspecified atom stereocenters. The third-order valence-electron chi connectivity index (χ3n) is 7.26. The number of halogens is 1. The third kappa shape index (κ3) is 5.69. The number of anilines is 1. The minimum atomic E-state index is -0.765. The maximum Gasteiger partial charge on any atom is 0.250 e. The highest BCUT2D eigenvalue weighted by molar-refractivity contribution is 5.96. The van der Waals surface area contributed by atoms with Gasteiger partial charge in [0.1, 0.15) is 17.9 Å². The van der Waals surface area contributed by atoms with E-state index in [1.165, 1.54) is 12.1 Å². The lowest BCUT2D eigenvalue weighted by molar-refractivity contribution is -0.140. The van der Waals surface area contributed by atoms with E-state index < -0.39 is 5.54 Å². The van der Waals surface area contributed by atoms with Gasteiger partial charge in [0, 0.05) is 31.7 Å². The van der Waals surface area contributed by atoms with Crippen LogP contribution in [0.1, 0.15) is 51.0 Å². The summed E-state index contributed by atoms with van der Waals surface area (Å²) in [4.78, 5) is 44.7. The van der Waals surface area contributed by atoms with Crippen molar-refractivity contribution in [2.75, 3.05) is 31.2 Å². The second-order valence-electron chi connectivity index (χ2n) is 9.68. The van der Waals surface area contributed by atoms with Crippen LogP contribution in [0.15, 0.2) is 54.6 Å². The summed E-state index contributed by atoms with van der Waals surface area (Å²) in [7, 11) is 0. The van der Waals surface area contributed by atoms with Gasteiger partial charge in [-0.1, -0.05) is 50.1 Å². The highest BCUT2D eigenvalue weighted by Gasteiger charge is 2.54. The average Bonchev–Trinajstić information content (AvgIpc) is 3.15. The zero-order chi connectivity index (χ0) is 25.5. The number of hydrogen-bond acceptors (Lipinski definition) is 4. The summed E-state index contributed by atoms with van der Waals surface area (Å²) in [6, 6.07) is 15.7. The minimum absolute atomic E-state index is 0.0508. The topological polar surface area (TPSA) is 73.0 Å². The Bertz CT molecular complexity index is 1050. The van der Waals surface area contributed by atoms with Gasteiger partial charge in [0.05, 0.1) is 6.67 Å². The van der Waals surface area contributed by atoms with Gasteiger partial charge in [-0.2, -0.15) is 0 Å². The summed E-state index contributed by atoms with van der Waals surface area (Å²) >= 11 is 0. The Kier molecular flexibility index (Phi) is 8.23. The maximum absolute atomic E-state index is 13.8. The first kappa shape index (κ1) is 25.7. The number of unbranched alkanes of at least 4 members (excludes halogenated alkanes) is 2. The Labute approximate surface area is 212 Å². The van der Waals surface area contributed by atoms with Crippen LogP contribution in [0.3, 0.4) is 0 Å². The number of piperidine rings is 1. The van der Waals surface area contributed by atoms with Crippen LogP contribution in [0, 0.1) is 5.82 Å². The first-order valence-electron chi connectivity index (χ1n) is 12.8. The molecule has 1 N–H and O–H groups in total. The Balaban J connectivity index is 1.43. The molecule has 4 rings (SSSR count). The largest absolute Gasteiger partial charge is 0.350 e. The number of nitrogens with one attached hydrogen (secondary N) is 1. The molecule has 8 heteroatoms. The van der Waals surface area contributed by atoms with Crippen LogP contribution in [0.2, 0.25) is 0 Å². The SMILES string of the molecule is CCCCCC(=O)N1CCC2(CC1)C(=O)N(CC(=O)NCc1ccc(F)cc1)CN2c1ccccc1. The molecule has 3 amide bonds. The van der Waals surface area contributed by atoms with E-state index >= 15 is 0 Å². The normalized spacial score (nSPS) is 17.1. The van der Waals surface area contributed by atoms with Crippen molar-refractivity contribution < 1.29 is 18.8 Å². The number of likely N-dealkylation sites (tertiary alicyclic amines) is 1. The molecule has 0 aromatic heterocycles. The van der Waals surface area contributed by atoms with Crippen molar-refractivity contribution in [1.82, 2.24) is 15.1 Å². The molecular weight excluding hydrogens is 459 g/mol. The van der Waals surface area contributed by atoms with Crippen molar-refractivity contribution in [3.8, 4) is 0 Å². The van der Waals surface area contributed by atoms with Crippen molar-refractivity contribution in [2.24, 2.45) is 0 Å². The van der Waals surface area contributed by atoms with Crippen LogP contribution in [0.25, 0.3) is 0 Å². The zero-order valence-corrected chi connectivity index (χ0v) is 20.9. The molecule has 1 spiro atoms. The molecule has 2 fully saturated rings. The van der Waals surface area contributed by atoms with Crippen LogP contribution in [-0.2, 0) is 20.9 Å². The van der Waals surface area contributed by atoms with Gasteiger partial charge in [-0.3, -0.25) is 14.4 Å². The first-order chi connectivity index (χ1) is 17.4. The summed E-state index contributed by atoms with van der Waals surface area (Å²) in [5.74, 6) is -0.498. The number of hydrogen-bond donors (Lipinski definition) is 1. The highest BCUT2D eigenvalue weighted by atomic mass is 19.1. The molecule has 2 aromatic carbocycles. The van der Waals surface area contributed by atoms with E-state index in [0.717, 1.165) is 30.5 Å². The summed E-state index contributed by atoms with van der Waals surface area (Å²) < 4.78 is 13.1. The zero-order valence-electron chi connectivity index (χ0n) is 20.9. The highest BCUT2D eigenvalue weighted by Crippen LogP contribution is 2.39. The van der Waals surface area contributed by atoms with Gasteiger partial charge in [0.15, 0.2) is 0 Å². The Morgan fingerprint density at radius 1 is 1.00 bits per heavy atom. The Morgan fingerprint density at radius 3 is 2.36 bits per heavy atom. The van der Waals surface area contributed by atoms with E-state index in [9.17, 15) is 18.8 Å². The van der Waals surface area contributed by atoms with E-state index in [4.69, 9.17) is 0 Å². The molecule has 2 aromatic rings. The fraction of sp³-hybridized carbons (Fsp3) is 0.464. The fourth-order valence-corrected chi connectivity index (χ4v) is 5.16. The Morgan fingerprint density at radius 2 is 1.69 bits per heavy atom. The molecule has 0 aliphatic carbocycles. The molecule has 2 aliphatic rings. The molecule has 7 nitrogen and oxygen atoms in total.